The number of rotatable bonds is 7. The van der Waals surface area contributed by atoms with E-state index in [1.54, 1.807) is 11.8 Å². The summed E-state index contributed by atoms with van der Waals surface area (Å²) < 4.78 is 7.85. The molecule has 3 aromatic rings. The van der Waals surface area contributed by atoms with E-state index in [2.05, 4.69) is 15.4 Å². The first-order valence-corrected chi connectivity index (χ1v) is 8.96. The van der Waals surface area contributed by atoms with Crippen molar-refractivity contribution < 1.29 is 9.53 Å². The predicted octanol–water partition coefficient (Wildman–Crippen LogP) is 1.48. The Balaban J connectivity index is 2.06. The molecule has 28 heavy (non-hydrogen) atoms. The number of nitrogens with one attached hydrogen (secondary N) is 1. The van der Waals surface area contributed by atoms with E-state index in [0.717, 1.165) is 17.0 Å². The van der Waals surface area contributed by atoms with Gasteiger partial charge in [-0.2, -0.15) is 5.10 Å². The number of benzene rings is 1. The van der Waals surface area contributed by atoms with Crippen LogP contribution in [0.4, 0.5) is 0 Å². The normalized spacial score (nSPS) is 10.8. The number of hydrogen-bond donors (Lipinski definition) is 1. The summed E-state index contributed by atoms with van der Waals surface area (Å²) in [4.78, 5) is 29.8. The van der Waals surface area contributed by atoms with Gasteiger partial charge >= 0.3 is 0 Å². The van der Waals surface area contributed by atoms with Crippen molar-refractivity contribution in [3.05, 3.63) is 64.2 Å². The number of methoxy groups -OCH3 is 1. The van der Waals surface area contributed by atoms with Crippen LogP contribution in [0, 0.1) is 13.8 Å². The number of aryl methyl sites for hydroxylation is 2. The molecule has 146 valence electrons. The summed E-state index contributed by atoms with van der Waals surface area (Å²) in [6, 6.07) is 12.8. The lowest BCUT2D eigenvalue weighted by atomic mass is 10.1. The molecule has 3 rings (SSSR count). The van der Waals surface area contributed by atoms with Crippen molar-refractivity contribution in [3.63, 3.8) is 0 Å². The van der Waals surface area contributed by atoms with E-state index < -0.39 is 0 Å². The van der Waals surface area contributed by atoms with E-state index in [1.165, 1.54) is 10.6 Å². The van der Waals surface area contributed by atoms with Crippen molar-refractivity contribution in [3.8, 4) is 17.2 Å². The van der Waals surface area contributed by atoms with Gasteiger partial charge in [-0.15, -0.1) is 0 Å². The number of amides is 1. The number of hydrogen-bond acceptors (Lipinski definition) is 5. The molecule has 2 heterocycles. The molecular formula is C20H23N5O3. The molecule has 0 aliphatic carbocycles. The van der Waals surface area contributed by atoms with Gasteiger partial charge in [0.1, 0.15) is 6.54 Å². The maximum atomic E-state index is 12.9. The molecule has 0 bridgehead atoms. The Morgan fingerprint density at radius 1 is 1.18 bits per heavy atom. The number of nitrogens with zero attached hydrogens (tertiary/aromatic N) is 4. The first kappa shape index (κ1) is 19.5. The smallest absolute Gasteiger partial charge is 0.256 e. The van der Waals surface area contributed by atoms with Crippen molar-refractivity contribution in [2.24, 2.45) is 0 Å². The predicted molar refractivity (Wildman–Crippen MR) is 105 cm³/mol. The fourth-order valence-electron chi connectivity index (χ4n) is 2.88. The average molecular weight is 381 g/mol. The molecule has 1 aromatic carbocycles. The van der Waals surface area contributed by atoms with Crippen LogP contribution in [0.2, 0.25) is 0 Å². The minimum atomic E-state index is -0.321. The zero-order valence-corrected chi connectivity index (χ0v) is 16.2. The molecule has 0 spiro atoms. The highest BCUT2D eigenvalue weighted by Crippen LogP contribution is 2.17. The van der Waals surface area contributed by atoms with E-state index in [-0.39, 0.29) is 18.0 Å². The Morgan fingerprint density at radius 3 is 2.57 bits per heavy atom. The van der Waals surface area contributed by atoms with E-state index >= 15 is 0 Å². The fourth-order valence-corrected chi connectivity index (χ4v) is 2.88. The molecule has 0 radical (unpaired) electrons. The Bertz CT molecular complexity index is 1020. The second-order valence-electron chi connectivity index (χ2n) is 6.41. The van der Waals surface area contributed by atoms with Crippen molar-refractivity contribution in [2.75, 3.05) is 20.3 Å². The van der Waals surface area contributed by atoms with Gasteiger partial charge in [0.25, 0.3) is 5.56 Å². The Hall–Kier alpha value is -3.26. The Labute approximate surface area is 162 Å². The minimum absolute atomic E-state index is 0.154. The van der Waals surface area contributed by atoms with E-state index in [4.69, 9.17) is 4.74 Å². The van der Waals surface area contributed by atoms with Crippen LogP contribution in [-0.4, -0.2) is 45.5 Å². The summed E-state index contributed by atoms with van der Waals surface area (Å²) >= 11 is 0. The van der Waals surface area contributed by atoms with Gasteiger partial charge < -0.3 is 10.1 Å². The lowest BCUT2D eigenvalue weighted by Crippen LogP contribution is -2.36. The van der Waals surface area contributed by atoms with E-state index in [0.29, 0.717) is 24.8 Å². The van der Waals surface area contributed by atoms with E-state index in [1.807, 2.05) is 50.2 Å². The molecule has 0 fully saturated rings. The molecule has 1 amide bonds. The van der Waals surface area contributed by atoms with Gasteiger partial charge in [0, 0.05) is 31.0 Å². The number of carbonyl (C=O) groups is 1. The number of aromatic nitrogens is 4. The van der Waals surface area contributed by atoms with Gasteiger partial charge in [-0.25, -0.2) is 9.67 Å². The fraction of sp³-hybridized carbons (Fsp3) is 0.300. The third-order valence-electron chi connectivity index (χ3n) is 4.19. The molecule has 0 aliphatic heterocycles. The number of carbonyl (C=O) groups excluding carboxylic acids is 1. The monoisotopic (exact) mass is 381 g/mol. The molecule has 2 aromatic heterocycles. The molecule has 1 N–H and O–H groups in total. The highest BCUT2D eigenvalue weighted by atomic mass is 16.5. The third kappa shape index (κ3) is 4.34. The first-order valence-electron chi connectivity index (χ1n) is 8.96. The second-order valence-corrected chi connectivity index (χ2v) is 6.41. The van der Waals surface area contributed by atoms with Crippen LogP contribution in [0.3, 0.4) is 0 Å². The van der Waals surface area contributed by atoms with Crippen molar-refractivity contribution >= 4 is 5.91 Å². The largest absolute Gasteiger partial charge is 0.383 e. The standard InChI is InChI=1S/C20H23N5O3/c1-14-11-15(2)25(23-14)20-22-17(16-7-5-4-6-8-16)12-19(27)24(20)13-18(26)21-9-10-28-3/h4-8,11-12H,9-10,13H2,1-3H3,(H,21,26). The lowest BCUT2D eigenvalue weighted by molar-refractivity contribution is -0.121. The third-order valence-corrected chi connectivity index (χ3v) is 4.19. The van der Waals surface area contributed by atoms with Crippen LogP contribution in [-0.2, 0) is 16.1 Å². The Morgan fingerprint density at radius 2 is 1.93 bits per heavy atom. The summed E-state index contributed by atoms with van der Waals surface area (Å²) in [7, 11) is 1.56. The molecule has 0 saturated carbocycles. The van der Waals surface area contributed by atoms with Gasteiger partial charge in [-0.1, -0.05) is 30.3 Å². The maximum absolute atomic E-state index is 12.9. The molecule has 8 heteroatoms. The van der Waals surface area contributed by atoms with Crippen molar-refractivity contribution in [1.82, 2.24) is 24.6 Å². The summed E-state index contributed by atoms with van der Waals surface area (Å²) in [5.74, 6) is 0.00929. The maximum Gasteiger partial charge on any atom is 0.256 e. The molecule has 8 nitrogen and oxygen atoms in total. The van der Waals surface area contributed by atoms with E-state index in [9.17, 15) is 9.59 Å². The molecule has 0 atom stereocenters. The SMILES string of the molecule is COCCNC(=O)Cn1c(-n2nc(C)cc2C)nc(-c2ccccc2)cc1=O. The lowest BCUT2D eigenvalue weighted by Gasteiger charge is -2.14. The zero-order valence-electron chi connectivity index (χ0n) is 16.2. The van der Waals surface area contributed by atoms with Gasteiger partial charge in [-0.05, 0) is 19.9 Å². The van der Waals surface area contributed by atoms with Crippen LogP contribution in [0.1, 0.15) is 11.4 Å². The Kier molecular flexibility index (Phi) is 6.00. The second kappa shape index (κ2) is 8.62. The molecule has 0 saturated heterocycles. The first-order chi connectivity index (χ1) is 13.5. The van der Waals surface area contributed by atoms with Crippen molar-refractivity contribution in [2.45, 2.75) is 20.4 Å². The van der Waals surface area contributed by atoms with Gasteiger partial charge in [0.2, 0.25) is 11.9 Å². The molecular weight excluding hydrogens is 358 g/mol. The summed E-state index contributed by atoms with van der Waals surface area (Å²) in [6.45, 7) is 4.36. The van der Waals surface area contributed by atoms with Crippen LogP contribution in [0.5, 0.6) is 0 Å². The average Bonchev–Trinajstić information content (AvgIpc) is 3.02. The van der Waals surface area contributed by atoms with Crippen LogP contribution in [0.25, 0.3) is 17.2 Å². The van der Waals surface area contributed by atoms with Gasteiger partial charge in [0.15, 0.2) is 0 Å². The molecule has 0 unspecified atom stereocenters. The molecule has 0 aliphatic rings. The quantitative estimate of drug-likeness (QED) is 0.626. The minimum Gasteiger partial charge on any atom is -0.383 e. The van der Waals surface area contributed by atoms with Gasteiger partial charge in [-0.3, -0.25) is 14.2 Å². The summed E-state index contributed by atoms with van der Waals surface area (Å²) in [6.07, 6.45) is 0. The van der Waals surface area contributed by atoms with Crippen LogP contribution < -0.4 is 10.9 Å². The highest BCUT2D eigenvalue weighted by Gasteiger charge is 2.17. The summed E-state index contributed by atoms with van der Waals surface area (Å²) in [5.41, 5.74) is 2.65. The van der Waals surface area contributed by atoms with Gasteiger partial charge in [0.05, 0.1) is 18.0 Å². The topological polar surface area (TPSA) is 91.0 Å². The number of ether oxygens (including phenoxy) is 1. The van der Waals surface area contributed by atoms with Crippen LogP contribution in [0.15, 0.2) is 47.3 Å². The highest BCUT2D eigenvalue weighted by molar-refractivity contribution is 5.76. The summed E-state index contributed by atoms with van der Waals surface area (Å²) in [5, 5.41) is 7.17. The zero-order chi connectivity index (χ0) is 20.1. The van der Waals surface area contributed by atoms with Crippen LogP contribution >= 0.6 is 0 Å². The van der Waals surface area contributed by atoms with Crippen molar-refractivity contribution in [1.29, 1.82) is 0 Å².